The Kier molecular flexibility index (Phi) is 7.61. The van der Waals surface area contributed by atoms with Crippen LogP contribution >= 0.6 is 10.3 Å². The Morgan fingerprint density at radius 2 is 1.13 bits per heavy atom. The van der Waals surface area contributed by atoms with Crippen molar-refractivity contribution in [2.45, 2.75) is 74.0 Å². The molecule has 0 N–H and O–H groups in total. The summed E-state index contributed by atoms with van der Waals surface area (Å²) in [6.07, 6.45) is 1.18. The molecule has 0 saturated heterocycles. The first-order valence-electron chi connectivity index (χ1n) is 11.2. The molecule has 2 nitrogen and oxygen atoms in total. The molecule has 0 aromatic heterocycles. The van der Waals surface area contributed by atoms with Gasteiger partial charge in [0.2, 0.25) is 0 Å². The maximum Gasteiger partial charge on any atom is 0.317 e. The van der Waals surface area contributed by atoms with Crippen LogP contribution in [0.4, 0.5) is 0 Å². The maximum atomic E-state index is 12.9. The second kappa shape index (κ2) is 10.2. The van der Waals surface area contributed by atoms with E-state index in [-0.39, 0.29) is 5.97 Å². The Labute approximate surface area is 189 Å². The van der Waals surface area contributed by atoms with Gasteiger partial charge in [0.05, 0.1) is 0 Å². The molecule has 0 radical (unpaired) electrons. The molecule has 3 aromatic carbocycles. The summed E-state index contributed by atoms with van der Waals surface area (Å²) in [7, 11) is -2.19. The number of benzene rings is 3. The normalized spacial score (nSPS) is 12.2. The van der Waals surface area contributed by atoms with Crippen LogP contribution in [0.1, 0.15) is 70.4 Å². The van der Waals surface area contributed by atoms with Crippen molar-refractivity contribution in [1.82, 2.24) is 0 Å². The molecule has 0 fully saturated rings. The van der Waals surface area contributed by atoms with E-state index in [0.29, 0.717) is 18.3 Å². The zero-order valence-electron chi connectivity index (χ0n) is 19.3. The van der Waals surface area contributed by atoms with Crippen LogP contribution in [-0.2, 0) is 8.98 Å². The van der Waals surface area contributed by atoms with Crippen LogP contribution in [0.5, 0.6) is 0 Å². The van der Waals surface area contributed by atoms with E-state index in [0.717, 1.165) is 21.1 Å². The third-order valence-electron chi connectivity index (χ3n) is 5.50. The zero-order chi connectivity index (χ0) is 22.4. The van der Waals surface area contributed by atoms with Crippen LogP contribution in [0.25, 0.3) is 0 Å². The number of hydrogen-bond donors (Lipinski definition) is 0. The SMILES string of the molecule is CCCC(=O)OS(c1ccccc1)(c1ccc(C(C)C)cc1)c1ccc(C(C)C)cc1. The third-order valence-corrected chi connectivity index (χ3v) is 8.75. The topological polar surface area (TPSA) is 26.3 Å². The fourth-order valence-corrected chi connectivity index (χ4v) is 6.69. The smallest absolute Gasteiger partial charge is 0.317 e. The van der Waals surface area contributed by atoms with Crippen molar-refractivity contribution in [2.24, 2.45) is 0 Å². The van der Waals surface area contributed by atoms with Crippen molar-refractivity contribution in [1.29, 1.82) is 0 Å². The first-order chi connectivity index (χ1) is 14.9. The molecule has 3 heteroatoms. The average Bonchev–Trinajstić information content (AvgIpc) is 2.78. The highest BCUT2D eigenvalue weighted by Crippen LogP contribution is 2.69. The van der Waals surface area contributed by atoms with Crippen LogP contribution in [0.3, 0.4) is 0 Å². The lowest BCUT2D eigenvalue weighted by atomic mass is 10.0. The van der Waals surface area contributed by atoms with Gasteiger partial charge in [-0.25, -0.2) is 0 Å². The molecule has 0 unspecified atom stereocenters. The van der Waals surface area contributed by atoms with Crippen LogP contribution in [-0.4, -0.2) is 5.97 Å². The lowest BCUT2D eigenvalue weighted by Crippen LogP contribution is -2.13. The molecule has 3 aromatic rings. The summed E-state index contributed by atoms with van der Waals surface area (Å²) >= 11 is 0. The van der Waals surface area contributed by atoms with E-state index >= 15 is 0 Å². The summed E-state index contributed by atoms with van der Waals surface area (Å²) in [5.74, 6) is 0.744. The molecule has 0 amide bonds. The maximum absolute atomic E-state index is 12.9. The molecule has 0 aliphatic heterocycles. The molecule has 0 atom stereocenters. The quantitative estimate of drug-likeness (QED) is 0.355. The third kappa shape index (κ3) is 5.04. The summed E-state index contributed by atoms with van der Waals surface area (Å²) in [4.78, 5) is 16.1. The average molecular weight is 435 g/mol. The van der Waals surface area contributed by atoms with Gasteiger partial charge in [0.15, 0.2) is 0 Å². The van der Waals surface area contributed by atoms with Crippen LogP contribution < -0.4 is 0 Å². The van der Waals surface area contributed by atoms with Gasteiger partial charge in [0, 0.05) is 21.1 Å². The summed E-state index contributed by atoms with van der Waals surface area (Å²) in [6, 6.07) is 27.5. The minimum atomic E-state index is -2.19. The summed E-state index contributed by atoms with van der Waals surface area (Å²) in [5.41, 5.74) is 2.56. The van der Waals surface area contributed by atoms with Crippen molar-refractivity contribution in [2.75, 3.05) is 0 Å². The Hall–Kier alpha value is -2.52. The fourth-order valence-electron chi connectivity index (χ4n) is 3.64. The molecule has 0 aliphatic rings. The Morgan fingerprint density at radius 1 is 0.710 bits per heavy atom. The summed E-state index contributed by atoms with van der Waals surface area (Å²) < 4.78 is 6.48. The predicted octanol–water partition coefficient (Wildman–Crippen LogP) is 8.47. The van der Waals surface area contributed by atoms with Crippen molar-refractivity contribution < 1.29 is 8.98 Å². The molecule has 31 heavy (non-hydrogen) atoms. The lowest BCUT2D eigenvalue weighted by Gasteiger charge is -2.40. The molecule has 164 valence electrons. The van der Waals surface area contributed by atoms with Crippen LogP contribution in [0.2, 0.25) is 0 Å². The Morgan fingerprint density at radius 3 is 1.52 bits per heavy atom. The molecule has 0 bridgehead atoms. The van der Waals surface area contributed by atoms with E-state index in [1.54, 1.807) is 0 Å². The van der Waals surface area contributed by atoms with Gasteiger partial charge in [-0.3, -0.25) is 4.79 Å². The predicted molar refractivity (Wildman–Crippen MR) is 131 cm³/mol. The molecular weight excluding hydrogens is 400 g/mol. The summed E-state index contributed by atoms with van der Waals surface area (Å²) in [5, 5.41) is 0. The van der Waals surface area contributed by atoms with Gasteiger partial charge in [-0.1, -0.05) is 77.1 Å². The molecule has 0 aliphatic carbocycles. The van der Waals surface area contributed by atoms with E-state index < -0.39 is 10.3 Å². The molecule has 0 saturated carbocycles. The minimum Gasteiger partial charge on any atom is -0.402 e. The lowest BCUT2D eigenvalue weighted by molar-refractivity contribution is -0.133. The van der Waals surface area contributed by atoms with E-state index in [2.05, 4.69) is 88.4 Å². The highest BCUT2D eigenvalue weighted by atomic mass is 32.3. The molecule has 0 heterocycles. The highest BCUT2D eigenvalue weighted by molar-refractivity contribution is 8.30. The van der Waals surface area contributed by atoms with Gasteiger partial charge in [0.1, 0.15) is 0 Å². The van der Waals surface area contributed by atoms with Crippen molar-refractivity contribution in [3.63, 3.8) is 0 Å². The number of carbonyl (C=O) groups excluding carboxylic acids is 1. The Balaban J connectivity index is 2.25. The standard InChI is InChI=1S/C28H34O2S/c1-6-10-28(29)30-31(25-11-8-7-9-12-25,26-17-13-23(14-18-26)21(2)3)27-19-15-24(16-20-27)22(4)5/h7-9,11-22H,6,10H2,1-5H3. The van der Waals surface area contributed by atoms with E-state index in [1.807, 2.05) is 25.1 Å². The number of hydrogen-bond acceptors (Lipinski definition) is 2. The van der Waals surface area contributed by atoms with E-state index in [4.69, 9.17) is 4.18 Å². The van der Waals surface area contributed by atoms with Crippen molar-refractivity contribution in [3.8, 4) is 0 Å². The fraction of sp³-hybridized carbons (Fsp3) is 0.321. The largest absolute Gasteiger partial charge is 0.402 e. The molecule has 3 rings (SSSR count). The van der Waals surface area contributed by atoms with Gasteiger partial charge < -0.3 is 4.18 Å². The van der Waals surface area contributed by atoms with E-state index in [1.165, 1.54) is 11.1 Å². The van der Waals surface area contributed by atoms with Gasteiger partial charge in [-0.05, 0) is 76.1 Å². The van der Waals surface area contributed by atoms with Gasteiger partial charge in [-0.15, -0.1) is 0 Å². The summed E-state index contributed by atoms with van der Waals surface area (Å²) in [6.45, 7) is 10.8. The van der Waals surface area contributed by atoms with Gasteiger partial charge in [-0.2, -0.15) is 0 Å². The second-order valence-electron chi connectivity index (χ2n) is 8.52. The first kappa shape index (κ1) is 23.1. The molecular formula is C28H34O2S. The van der Waals surface area contributed by atoms with Crippen LogP contribution in [0.15, 0.2) is 93.5 Å². The second-order valence-corrected chi connectivity index (χ2v) is 11.2. The van der Waals surface area contributed by atoms with Gasteiger partial charge in [0.25, 0.3) is 0 Å². The van der Waals surface area contributed by atoms with Crippen molar-refractivity contribution in [3.05, 3.63) is 90.0 Å². The zero-order valence-corrected chi connectivity index (χ0v) is 20.1. The van der Waals surface area contributed by atoms with Gasteiger partial charge >= 0.3 is 5.97 Å². The number of rotatable bonds is 8. The van der Waals surface area contributed by atoms with Crippen LogP contribution in [0, 0.1) is 0 Å². The monoisotopic (exact) mass is 434 g/mol. The molecule has 0 spiro atoms. The first-order valence-corrected chi connectivity index (χ1v) is 12.7. The van der Waals surface area contributed by atoms with Crippen molar-refractivity contribution >= 4 is 16.3 Å². The number of carbonyl (C=O) groups is 1. The minimum absolute atomic E-state index is 0.151. The highest BCUT2D eigenvalue weighted by Gasteiger charge is 2.35. The Bertz CT molecular complexity index is 922. The van der Waals surface area contributed by atoms with E-state index in [9.17, 15) is 4.79 Å².